The number of rotatable bonds is 7. The molecule has 3 aromatic rings. The van der Waals surface area contributed by atoms with Gasteiger partial charge in [-0.1, -0.05) is 47.5 Å². The number of sulfone groups is 1. The maximum absolute atomic E-state index is 12.4. The highest BCUT2D eigenvalue weighted by atomic mass is 35.5. The molecule has 9 heteroatoms. The van der Waals surface area contributed by atoms with E-state index in [0.717, 1.165) is 5.56 Å². The standard InChI is InChI=1S/C20H18Cl2N2O4S/c1-13-18(24-20(28-13)16-4-2-3-5-17(16)22)11-29(26,27)12-19(25)23-10-14-6-8-15(21)9-7-14/h2-9H,10-12H2,1H3,(H,23,25). The van der Waals surface area contributed by atoms with Crippen LogP contribution in [-0.2, 0) is 26.9 Å². The van der Waals surface area contributed by atoms with Crippen LogP contribution in [0.2, 0.25) is 10.0 Å². The topological polar surface area (TPSA) is 89.3 Å². The highest BCUT2D eigenvalue weighted by Gasteiger charge is 2.22. The number of carbonyl (C=O) groups is 1. The lowest BCUT2D eigenvalue weighted by Gasteiger charge is -2.06. The molecule has 0 spiro atoms. The lowest BCUT2D eigenvalue weighted by atomic mass is 10.2. The first kappa shape index (κ1) is 21.4. The number of oxazole rings is 1. The van der Waals surface area contributed by atoms with Crippen LogP contribution in [0.1, 0.15) is 17.0 Å². The van der Waals surface area contributed by atoms with E-state index in [4.69, 9.17) is 27.6 Å². The maximum atomic E-state index is 12.4. The number of aromatic nitrogens is 1. The molecule has 1 amide bonds. The van der Waals surface area contributed by atoms with E-state index in [1.54, 1.807) is 55.5 Å². The molecule has 1 aromatic heterocycles. The molecule has 0 aliphatic rings. The molecular formula is C20H18Cl2N2O4S. The van der Waals surface area contributed by atoms with E-state index in [9.17, 15) is 13.2 Å². The van der Waals surface area contributed by atoms with E-state index in [2.05, 4.69) is 10.3 Å². The van der Waals surface area contributed by atoms with Crippen LogP contribution in [0.5, 0.6) is 0 Å². The van der Waals surface area contributed by atoms with Gasteiger partial charge in [-0.25, -0.2) is 13.4 Å². The van der Waals surface area contributed by atoms with E-state index < -0.39 is 27.3 Å². The Kier molecular flexibility index (Phi) is 6.62. The van der Waals surface area contributed by atoms with Gasteiger partial charge in [-0.2, -0.15) is 0 Å². The van der Waals surface area contributed by atoms with Crippen molar-refractivity contribution in [3.8, 4) is 11.5 Å². The van der Waals surface area contributed by atoms with Crippen LogP contribution in [-0.4, -0.2) is 25.1 Å². The molecule has 0 radical (unpaired) electrons. The number of aryl methyl sites for hydroxylation is 1. The molecule has 2 aromatic carbocycles. The number of carbonyl (C=O) groups excluding carboxylic acids is 1. The number of nitrogens with zero attached hydrogens (tertiary/aromatic N) is 1. The molecule has 0 aliphatic carbocycles. The summed E-state index contributed by atoms with van der Waals surface area (Å²) < 4.78 is 30.5. The van der Waals surface area contributed by atoms with Gasteiger partial charge in [0.2, 0.25) is 11.8 Å². The Labute approximate surface area is 178 Å². The van der Waals surface area contributed by atoms with Gasteiger partial charge < -0.3 is 9.73 Å². The van der Waals surface area contributed by atoms with Crippen LogP contribution < -0.4 is 5.32 Å². The molecule has 0 fully saturated rings. The van der Waals surface area contributed by atoms with Crippen LogP contribution >= 0.6 is 23.2 Å². The quantitative estimate of drug-likeness (QED) is 0.580. The minimum atomic E-state index is -3.74. The summed E-state index contributed by atoms with van der Waals surface area (Å²) in [6, 6.07) is 13.9. The van der Waals surface area contributed by atoms with Crippen molar-refractivity contribution < 1.29 is 17.6 Å². The van der Waals surface area contributed by atoms with E-state index in [1.807, 2.05) is 0 Å². The fourth-order valence-electron chi connectivity index (χ4n) is 2.62. The number of halogens is 2. The highest BCUT2D eigenvalue weighted by molar-refractivity contribution is 7.91. The minimum absolute atomic E-state index is 0.213. The lowest BCUT2D eigenvalue weighted by molar-refractivity contribution is -0.118. The van der Waals surface area contributed by atoms with Crippen LogP contribution in [0, 0.1) is 6.92 Å². The molecule has 0 atom stereocenters. The Morgan fingerprint density at radius 1 is 1.10 bits per heavy atom. The van der Waals surface area contributed by atoms with E-state index in [-0.39, 0.29) is 18.1 Å². The summed E-state index contributed by atoms with van der Waals surface area (Å²) in [7, 11) is -3.74. The van der Waals surface area contributed by atoms with Crippen molar-refractivity contribution in [2.24, 2.45) is 0 Å². The van der Waals surface area contributed by atoms with E-state index in [0.29, 0.717) is 21.4 Å². The molecule has 1 heterocycles. The summed E-state index contributed by atoms with van der Waals surface area (Å²) in [5.74, 6) is -1.03. The SMILES string of the molecule is Cc1oc(-c2ccccc2Cl)nc1CS(=O)(=O)CC(=O)NCc1ccc(Cl)cc1. The molecule has 0 saturated heterocycles. The summed E-state index contributed by atoms with van der Waals surface area (Å²) in [5, 5.41) is 3.62. The largest absolute Gasteiger partial charge is 0.441 e. The molecule has 0 saturated carbocycles. The second-order valence-corrected chi connectivity index (χ2v) is 9.35. The van der Waals surface area contributed by atoms with Gasteiger partial charge in [0.25, 0.3) is 0 Å². The van der Waals surface area contributed by atoms with Crippen LogP contribution in [0.4, 0.5) is 0 Å². The first-order valence-electron chi connectivity index (χ1n) is 8.66. The van der Waals surface area contributed by atoms with Gasteiger partial charge in [-0.15, -0.1) is 0 Å². The fourth-order valence-corrected chi connectivity index (χ4v) is 4.26. The molecule has 0 aliphatic heterocycles. The smallest absolute Gasteiger partial charge is 0.235 e. The molecule has 0 unspecified atom stereocenters. The summed E-state index contributed by atoms with van der Waals surface area (Å²) in [6.45, 7) is 1.84. The molecule has 29 heavy (non-hydrogen) atoms. The predicted molar refractivity (Wildman–Crippen MR) is 112 cm³/mol. The number of benzene rings is 2. The summed E-state index contributed by atoms with van der Waals surface area (Å²) in [4.78, 5) is 16.3. The average molecular weight is 453 g/mol. The normalized spacial score (nSPS) is 11.4. The van der Waals surface area contributed by atoms with Crippen molar-refractivity contribution in [2.45, 2.75) is 19.2 Å². The van der Waals surface area contributed by atoms with Crippen LogP contribution in [0.25, 0.3) is 11.5 Å². The molecular weight excluding hydrogens is 435 g/mol. The van der Waals surface area contributed by atoms with Crippen molar-refractivity contribution in [2.75, 3.05) is 5.75 Å². The molecule has 1 N–H and O–H groups in total. The van der Waals surface area contributed by atoms with Gasteiger partial charge in [0.15, 0.2) is 9.84 Å². The number of hydrogen-bond acceptors (Lipinski definition) is 5. The second-order valence-electron chi connectivity index (χ2n) is 6.44. The molecule has 0 bridgehead atoms. The number of amides is 1. The van der Waals surface area contributed by atoms with Crippen molar-refractivity contribution in [1.82, 2.24) is 10.3 Å². The zero-order valence-corrected chi connectivity index (χ0v) is 17.8. The molecule has 3 rings (SSSR count). The van der Waals surface area contributed by atoms with Crippen molar-refractivity contribution in [1.29, 1.82) is 0 Å². The fraction of sp³-hybridized carbons (Fsp3) is 0.200. The van der Waals surface area contributed by atoms with E-state index >= 15 is 0 Å². The van der Waals surface area contributed by atoms with Gasteiger partial charge in [-0.3, -0.25) is 4.79 Å². The van der Waals surface area contributed by atoms with Crippen LogP contribution in [0.3, 0.4) is 0 Å². The third kappa shape index (κ3) is 5.82. The predicted octanol–water partition coefficient (Wildman–Crippen LogP) is 4.19. The van der Waals surface area contributed by atoms with E-state index in [1.165, 1.54) is 0 Å². The van der Waals surface area contributed by atoms with Crippen molar-refractivity contribution >= 4 is 38.9 Å². The molecule has 152 valence electrons. The Balaban J connectivity index is 1.64. The van der Waals surface area contributed by atoms with Crippen molar-refractivity contribution in [3.05, 3.63) is 75.6 Å². The Bertz CT molecular complexity index is 1130. The Hall–Kier alpha value is -2.35. The number of hydrogen-bond donors (Lipinski definition) is 1. The van der Waals surface area contributed by atoms with Gasteiger partial charge >= 0.3 is 0 Å². The zero-order valence-electron chi connectivity index (χ0n) is 15.5. The summed E-state index contributed by atoms with van der Waals surface area (Å²) >= 11 is 12.0. The first-order chi connectivity index (χ1) is 13.7. The second kappa shape index (κ2) is 8.98. The third-order valence-electron chi connectivity index (χ3n) is 4.11. The summed E-state index contributed by atoms with van der Waals surface area (Å²) in [5.41, 5.74) is 1.64. The first-order valence-corrected chi connectivity index (χ1v) is 11.2. The highest BCUT2D eigenvalue weighted by Crippen LogP contribution is 2.28. The average Bonchev–Trinajstić information content (AvgIpc) is 3.00. The third-order valence-corrected chi connectivity index (χ3v) is 6.10. The van der Waals surface area contributed by atoms with Gasteiger partial charge in [0.05, 0.1) is 22.0 Å². The van der Waals surface area contributed by atoms with Crippen LogP contribution in [0.15, 0.2) is 52.9 Å². The molecule has 6 nitrogen and oxygen atoms in total. The maximum Gasteiger partial charge on any atom is 0.235 e. The van der Waals surface area contributed by atoms with Crippen molar-refractivity contribution in [3.63, 3.8) is 0 Å². The zero-order chi connectivity index (χ0) is 21.0. The van der Waals surface area contributed by atoms with Gasteiger partial charge in [0.1, 0.15) is 11.5 Å². The lowest BCUT2D eigenvalue weighted by Crippen LogP contribution is -2.30. The Morgan fingerprint density at radius 2 is 1.79 bits per heavy atom. The minimum Gasteiger partial charge on any atom is -0.441 e. The van der Waals surface area contributed by atoms with Gasteiger partial charge in [-0.05, 0) is 36.8 Å². The monoisotopic (exact) mass is 452 g/mol. The summed E-state index contributed by atoms with van der Waals surface area (Å²) in [6.07, 6.45) is 0. The number of nitrogens with one attached hydrogen (secondary N) is 1. The Morgan fingerprint density at radius 3 is 2.48 bits per heavy atom. The van der Waals surface area contributed by atoms with Gasteiger partial charge in [0, 0.05) is 11.6 Å².